The van der Waals surface area contributed by atoms with E-state index in [1.54, 1.807) is 18.4 Å². The SMILES string of the molecule is CCNC(C)c1csc(N2CCCC(COC)C2)n1. The molecule has 2 rings (SSSR count). The number of nitrogens with one attached hydrogen (secondary N) is 1. The molecule has 108 valence electrons. The Balaban J connectivity index is 1.97. The number of nitrogens with zero attached hydrogens (tertiary/aromatic N) is 2. The van der Waals surface area contributed by atoms with E-state index in [1.807, 2.05) is 0 Å². The first-order valence-corrected chi connectivity index (χ1v) is 8.05. The Kier molecular flexibility index (Phi) is 5.60. The third-order valence-electron chi connectivity index (χ3n) is 3.66. The molecule has 1 aliphatic heterocycles. The molecule has 2 unspecified atom stereocenters. The van der Waals surface area contributed by atoms with Crippen LogP contribution in [0.1, 0.15) is 38.4 Å². The highest BCUT2D eigenvalue weighted by Gasteiger charge is 2.22. The van der Waals surface area contributed by atoms with Gasteiger partial charge in [0.15, 0.2) is 5.13 Å². The number of anilines is 1. The fourth-order valence-electron chi connectivity index (χ4n) is 2.64. The van der Waals surface area contributed by atoms with Crippen molar-refractivity contribution < 1.29 is 4.74 Å². The van der Waals surface area contributed by atoms with Gasteiger partial charge < -0.3 is 15.0 Å². The van der Waals surface area contributed by atoms with Crippen LogP contribution in [-0.4, -0.2) is 38.3 Å². The second-order valence-electron chi connectivity index (χ2n) is 5.24. The van der Waals surface area contributed by atoms with Crippen molar-refractivity contribution in [2.24, 2.45) is 5.92 Å². The molecule has 2 heterocycles. The molecule has 1 saturated heterocycles. The number of thiazole rings is 1. The number of rotatable bonds is 6. The molecule has 4 nitrogen and oxygen atoms in total. The quantitative estimate of drug-likeness (QED) is 0.871. The second-order valence-corrected chi connectivity index (χ2v) is 6.08. The van der Waals surface area contributed by atoms with E-state index in [2.05, 4.69) is 29.4 Å². The van der Waals surface area contributed by atoms with Crippen molar-refractivity contribution in [2.75, 3.05) is 38.3 Å². The number of hydrogen-bond acceptors (Lipinski definition) is 5. The third kappa shape index (κ3) is 3.91. The molecule has 0 spiro atoms. The molecule has 0 saturated carbocycles. The highest BCUT2D eigenvalue weighted by Crippen LogP contribution is 2.28. The summed E-state index contributed by atoms with van der Waals surface area (Å²) in [6.45, 7) is 8.35. The number of piperidine rings is 1. The van der Waals surface area contributed by atoms with Crippen molar-refractivity contribution in [3.8, 4) is 0 Å². The van der Waals surface area contributed by atoms with Crippen LogP contribution in [0.15, 0.2) is 5.38 Å². The zero-order chi connectivity index (χ0) is 13.7. The van der Waals surface area contributed by atoms with E-state index in [0.29, 0.717) is 12.0 Å². The lowest BCUT2D eigenvalue weighted by Crippen LogP contribution is -2.37. The Hall–Kier alpha value is -0.650. The van der Waals surface area contributed by atoms with Crippen molar-refractivity contribution in [1.29, 1.82) is 0 Å². The van der Waals surface area contributed by atoms with E-state index in [-0.39, 0.29) is 0 Å². The lowest BCUT2D eigenvalue weighted by Gasteiger charge is -2.32. The van der Waals surface area contributed by atoms with Crippen molar-refractivity contribution in [3.63, 3.8) is 0 Å². The monoisotopic (exact) mass is 283 g/mol. The van der Waals surface area contributed by atoms with Crippen molar-refractivity contribution in [2.45, 2.75) is 32.7 Å². The molecule has 0 amide bonds. The summed E-state index contributed by atoms with van der Waals surface area (Å²) in [5, 5.41) is 6.76. The van der Waals surface area contributed by atoms with Crippen LogP contribution >= 0.6 is 11.3 Å². The maximum Gasteiger partial charge on any atom is 0.185 e. The maximum atomic E-state index is 5.29. The standard InChI is InChI=1S/C14H25N3OS/c1-4-15-11(2)13-10-19-14(16-13)17-7-5-6-12(8-17)9-18-3/h10-12,15H,4-9H2,1-3H3. The van der Waals surface area contributed by atoms with Crippen LogP contribution in [0.4, 0.5) is 5.13 Å². The van der Waals surface area contributed by atoms with Gasteiger partial charge in [-0.25, -0.2) is 4.98 Å². The zero-order valence-corrected chi connectivity index (χ0v) is 13.0. The van der Waals surface area contributed by atoms with E-state index >= 15 is 0 Å². The minimum atomic E-state index is 0.342. The van der Waals surface area contributed by atoms with Gasteiger partial charge in [-0.3, -0.25) is 0 Å². The molecule has 1 fully saturated rings. The average molecular weight is 283 g/mol. The minimum absolute atomic E-state index is 0.342. The summed E-state index contributed by atoms with van der Waals surface area (Å²) < 4.78 is 5.29. The van der Waals surface area contributed by atoms with Gasteiger partial charge in [0.1, 0.15) is 0 Å². The first kappa shape index (κ1) is 14.8. The van der Waals surface area contributed by atoms with Crippen LogP contribution in [0.25, 0.3) is 0 Å². The highest BCUT2D eigenvalue weighted by molar-refractivity contribution is 7.13. The molecule has 1 aromatic heterocycles. The smallest absolute Gasteiger partial charge is 0.185 e. The van der Waals surface area contributed by atoms with Crippen LogP contribution in [0, 0.1) is 5.92 Å². The first-order valence-electron chi connectivity index (χ1n) is 7.17. The lowest BCUT2D eigenvalue weighted by molar-refractivity contribution is 0.143. The summed E-state index contributed by atoms with van der Waals surface area (Å²) in [6, 6.07) is 0.342. The number of methoxy groups -OCH3 is 1. The largest absolute Gasteiger partial charge is 0.384 e. The normalized spacial score (nSPS) is 21.6. The lowest BCUT2D eigenvalue weighted by atomic mass is 9.99. The van der Waals surface area contributed by atoms with E-state index < -0.39 is 0 Å². The Labute approximate surface area is 120 Å². The third-order valence-corrected chi connectivity index (χ3v) is 4.58. The molecular weight excluding hydrogens is 258 g/mol. The molecule has 1 N–H and O–H groups in total. The van der Waals surface area contributed by atoms with E-state index in [0.717, 1.165) is 31.9 Å². The summed E-state index contributed by atoms with van der Waals surface area (Å²) in [5.74, 6) is 0.650. The van der Waals surface area contributed by atoms with Crippen LogP contribution in [0.2, 0.25) is 0 Å². The van der Waals surface area contributed by atoms with Gasteiger partial charge in [-0.2, -0.15) is 0 Å². The summed E-state index contributed by atoms with van der Waals surface area (Å²) >= 11 is 1.76. The molecular formula is C14H25N3OS. The van der Waals surface area contributed by atoms with Crippen molar-refractivity contribution in [1.82, 2.24) is 10.3 Å². The molecule has 19 heavy (non-hydrogen) atoms. The fourth-order valence-corrected chi connectivity index (χ4v) is 3.60. The van der Waals surface area contributed by atoms with Crippen LogP contribution in [0.5, 0.6) is 0 Å². The minimum Gasteiger partial charge on any atom is -0.384 e. The summed E-state index contributed by atoms with van der Waals surface area (Å²) in [7, 11) is 1.79. The fraction of sp³-hybridized carbons (Fsp3) is 0.786. The Morgan fingerprint density at radius 3 is 3.21 bits per heavy atom. The van der Waals surface area contributed by atoms with Gasteiger partial charge >= 0.3 is 0 Å². The predicted octanol–water partition coefficient (Wildman–Crippen LogP) is 2.68. The van der Waals surface area contributed by atoms with Gasteiger partial charge in [-0.15, -0.1) is 11.3 Å². The van der Waals surface area contributed by atoms with Gasteiger partial charge in [0.25, 0.3) is 0 Å². The van der Waals surface area contributed by atoms with E-state index in [9.17, 15) is 0 Å². The van der Waals surface area contributed by atoms with Crippen molar-refractivity contribution >= 4 is 16.5 Å². The van der Waals surface area contributed by atoms with Gasteiger partial charge in [0.05, 0.1) is 12.3 Å². The number of ether oxygens (including phenoxy) is 1. The molecule has 1 aliphatic rings. The van der Waals surface area contributed by atoms with Gasteiger partial charge in [0.2, 0.25) is 0 Å². The second kappa shape index (κ2) is 7.22. The molecule has 1 aromatic rings. The van der Waals surface area contributed by atoms with Gasteiger partial charge in [-0.05, 0) is 32.2 Å². The molecule has 0 bridgehead atoms. The van der Waals surface area contributed by atoms with Gasteiger partial charge in [-0.1, -0.05) is 6.92 Å². The molecule has 0 aliphatic carbocycles. The summed E-state index contributed by atoms with van der Waals surface area (Å²) in [4.78, 5) is 7.20. The summed E-state index contributed by atoms with van der Waals surface area (Å²) in [5.41, 5.74) is 1.16. The topological polar surface area (TPSA) is 37.4 Å². The zero-order valence-electron chi connectivity index (χ0n) is 12.2. The summed E-state index contributed by atoms with van der Waals surface area (Å²) in [6.07, 6.45) is 2.52. The molecule has 5 heteroatoms. The first-order chi connectivity index (χ1) is 9.24. The van der Waals surface area contributed by atoms with E-state index in [4.69, 9.17) is 9.72 Å². The number of hydrogen-bond donors (Lipinski definition) is 1. The molecule has 2 atom stereocenters. The van der Waals surface area contributed by atoms with Gasteiger partial charge in [0, 0.05) is 31.6 Å². The van der Waals surface area contributed by atoms with Crippen molar-refractivity contribution in [3.05, 3.63) is 11.1 Å². The highest BCUT2D eigenvalue weighted by atomic mass is 32.1. The van der Waals surface area contributed by atoms with Crippen LogP contribution < -0.4 is 10.2 Å². The predicted molar refractivity (Wildman–Crippen MR) is 81.0 cm³/mol. The number of aromatic nitrogens is 1. The molecule has 0 aromatic carbocycles. The maximum absolute atomic E-state index is 5.29. The molecule has 0 radical (unpaired) electrons. The van der Waals surface area contributed by atoms with Crippen LogP contribution in [-0.2, 0) is 4.74 Å². The Morgan fingerprint density at radius 2 is 2.47 bits per heavy atom. The van der Waals surface area contributed by atoms with Crippen LogP contribution in [0.3, 0.4) is 0 Å². The van der Waals surface area contributed by atoms with E-state index in [1.165, 1.54) is 18.0 Å². The average Bonchev–Trinajstić information content (AvgIpc) is 2.89. The Morgan fingerprint density at radius 1 is 1.63 bits per heavy atom. The Bertz CT molecular complexity index is 381.